The van der Waals surface area contributed by atoms with E-state index in [0.717, 1.165) is 25.7 Å². The van der Waals surface area contributed by atoms with E-state index in [1.165, 1.54) is 0 Å². The van der Waals surface area contributed by atoms with Gasteiger partial charge in [0.2, 0.25) is 5.91 Å². The van der Waals surface area contributed by atoms with Gasteiger partial charge in [0, 0.05) is 45.5 Å². The van der Waals surface area contributed by atoms with Crippen LogP contribution in [0.2, 0.25) is 0 Å². The second-order valence-electron chi connectivity index (χ2n) is 6.46. The molecule has 1 aromatic heterocycles. The summed E-state index contributed by atoms with van der Waals surface area (Å²) in [6, 6.07) is 16.2. The Balaban J connectivity index is 1.61. The van der Waals surface area contributed by atoms with Crippen molar-refractivity contribution in [3.05, 3.63) is 63.9 Å². The van der Waals surface area contributed by atoms with Gasteiger partial charge in [0.15, 0.2) is 0 Å². The van der Waals surface area contributed by atoms with Crippen LogP contribution in [-0.4, -0.2) is 47.9 Å². The van der Waals surface area contributed by atoms with Gasteiger partial charge in [-0.1, -0.05) is 24.3 Å². The number of rotatable bonds is 4. The van der Waals surface area contributed by atoms with Crippen LogP contribution in [0.4, 0.5) is 5.69 Å². The number of ether oxygens (including phenoxy) is 1. The molecule has 138 valence electrons. The van der Waals surface area contributed by atoms with Crippen molar-refractivity contribution in [1.82, 2.24) is 9.47 Å². The molecule has 0 unspecified atom stereocenters. The first kappa shape index (κ1) is 18.2. The van der Waals surface area contributed by atoms with Crippen molar-refractivity contribution in [2.45, 2.75) is 6.54 Å². The summed E-state index contributed by atoms with van der Waals surface area (Å²) in [6.07, 6.45) is 3.89. The molecule has 4 rings (SSSR count). The van der Waals surface area contributed by atoms with Gasteiger partial charge in [0.05, 0.1) is 18.9 Å². The molecule has 1 aliphatic heterocycles. The predicted octanol–water partition coefficient (Wildman–Crippen LogP) is 3.86. The van der Waals surface area contributed by atoms with Gasteiger partial charge in [-0.25, -0.2) is 0 Å². The van der Waals surface area contributed by atoms with Crippen LogP contribution >= 0.6 is 22.6 Å². The Labute approximate surface area is 171 Å². The molecule has 1 fully saturated rings. The van der Waals surface area contributed by atoms with E-state index in [4.69, 9.17) is 4.74 Å². The van der Waals surface area contributed by atoms with Crippen molar-refractivity contribution >= 4 is 51.3 Å². The summed E-state index contributed by atoms with van der Waals surface area (Å²) in [6.45, 7) is 2.90. The fourth-order valence-electron chi connectivity index (χ4n) is 3.27. The second-order valence-corrected chi connectivity index (χ2v) is 7.71. The summed E-state index contributed by atoms with van der Waals surface area (Å²) in [5.41, 5.74) is 2.98. The fourth-order valence-corrected chi connectivity index (χ4v) is 3.79. The zero-order valence-corrected chi connectivity index (χ0v) is 17.0. The van der Waals surface area contributed by atoms with Gasteiger partial charge >= 0.3 is 0 Å². The van der Waals surface area contributed by atoms with Crippen molar-refractivity contribution in [1.29, 1.82) is 0 Å². The molecule has 0 saturated carbocycles. The topological polar surface area (TPSA) is 46.8 Å². The number of hydrogen-bond donors (Lipinski definition) is 0. The zero-order chi connectivity index (χ0) is 18.6. The number of aliphatic imine (C=N–C) groups is 1. The Morgan fingerprint density at radius 1 is 1.15 bits per heavy atom. The molecular weight excluding hydrogens is 453 g/mol. The van der Waals surface area contributed by atoms with E-state index in [9.17, 15) is 4.79 Å². The molecule has 1 saturated heterocycles. The van der Waals surface area contributed by atoms with E-state index in [-0.39, 0.29) is 5.91 Å². The molecular formula is C21H20IN3O2. The Morgan fingerprint density at radius 3 is 2.78 bits per heavy atom. The average Bonchev–Trinajstić information content (AvgIpc) is 3.05. The lowest BCUT2D eigenvalue weighted by atomic mass is 10.2. The quantitative estimate of drug-likeness (QED) is 0.427. The van der Waals surface area contributed by atoms with Crippen molar-refractivity contribution in [3.63, 3.8) is 0 Å². The van der Waals surface area contributed by atoms with Crippen LogP contribution in [-0.2, 0) is 16.1 Å². The molecule has 27 heavy (non-hydrogen) atoms. The van der Waals surface area contributed by atoms with E-state index in [1.807, 2.05) is 64.3 Å². The average molecular weight is 473 g/mol. The molecule has 2 heterocycles. The Morgan fingerprint density at radius 2 is 1.96 bits per heavy atom. The first-order chi connectivity index (χ1) is 13.2. The van der Waals surface area contributed by atoms with Crippen LogP contribution in [0.5, 0.6) is 0 Å². The second kappa shape index (κ2) is 8.22. The van der Waals surface area contributed by atoms with Crippen LogP contribution < -0.4 is 0 Å². The van der Waals surface area contributed by atoms with E-state index in [0.29, 0.717) is 32.8 Å². The smallest absolute Gasteiger partial charge is 0.242 e. The molecule has 0 atom stereocenters. The van der Waals surface area contributed by atoms with Gasteiger partial charge in [-0.05, 0) is 46.9 Å². The van der Waals surface area contributed by atoms with E-state index in [1.54, 1.807) is 0 Å². The van der Waals surface area contributed by atoms with Gasteiger partial charge in [-0.15, -0.1) is 0 Å². The minimum absolute atomic E-state index is 0.125. The third-order valence-electron chi connectivity index (χ3n) is 4.65. The molecule has 1 aliphatic rings. The lowest BCUT2D eigenvalue weighted by Crippen LogP contribution is -2.42. The maximum absolute atomic E-state index is 12.7. The van der Waals surface area contributed by atoms with E-state index < -0.39 is 0 Å². The molecule has 0 N–H and O–H groups in total. The first-order valence-electron chi connectivity index (χ1n) is 8.94. The lowest BCUT2D eigenvalue weighted by Gasteiger charge is -2.27. The molecule has 0 spiro atoms. The highest BCUT2D eigenvalue weighted by Crippen LogP contribution is 2.22. The summed E-state index contributed by atoms with van der Waals surface area (Å²) in [5, 5.41) is 1.10. The molecule has 2 aromatic carbocycles. The highest BCUT2D eigenvalue weighted by atomic mass is 127. The zero-order valence-electron chi connectivity index (χ0n) is 14.8. The third kappa shape index (κ3) is 4.22. The minimum atomic E-state index is 0.125. The Bertz CT molecular complexity index is 990. The van der Waals surface area contributed by atoms with Gasteiger partial charge in [0.25, 0.3) is 0 Å². The third-order valence-corrected chi connectivity index (χ3v) is 5.32. The van der Waals surface area contributed by atoms with Crippen LogP contribution in [0.25, 0.3) is 10.9 Å². The molecule has 0 bridgehead atoms. The number of para-hydroxylation sites is 1. The molecule has 1 amide bonds. The van der Waals surface area contributed by atoms with Gasteiger partial charge in [-0.2, -0.15) is 0 Å². The lowest BCUT2D eigenvalue weighted by molar-refractivity contribution is -0.135. The number of carbonyl (C=O) groups excluding carboxylic acids is 1. The number of morpholine rings is 1. The van der Waals surface area contributed by atoms with Gasteiger partial charge < -0.3 is 14.2 Å². The Hall–Kier alpha value is -2.19. The Kier molecular flexibility index (Phi) is 5.54. The van der Waals surface area contributed by atoms with Crippen LogP contribution in [0.3, 0.4) is 0 Å². The van der Waals surface area contributed by atoms with E-state index >= 15 is 0 Å². The predicted molar refractivity (Wildman–Crippen MR) is 116 cm³/mol. The summed E-state index contributed by atoms with van der Waals surface area (Å²) < 4.78 is 8.51. The van der Waals surface area contributed by atoms with Gasteiger partial charge in [0.1, 0.15) is 6.54 Å². The van der Waals surface area contributed by atoms with Gasteiger partial charge in [-0.3, -0.25) is 9.79 Å². The standard InChI is InChI=1S/C21H20IN3O2/c22-17-4-3-5-18(12-17)23-13-16-14-25(20-7-2-1-6-19(16)20)15-21(26)24-8-10-27-11-9-24/h1-7,12-14H,8-11,15H2. The number of fused-ring (bicyclic) bond motifs is 1. The number of benzene rings is 2. The van der Waals surface area contributed by atoms with Crippen molar-refractivity contribution in [2.75, 3.05) is 26.3 Å². The molecule has 3 aromatic rings. The normalized spacial score (nSPS) is 14.9. The molecule has 0 aliphatic carbocycles. The summed E-state index contributed by atoms with van der Waals surface area (Å²) in [4.78, 5) is 19.1. The summed E-state index contributed by atoms with van der Waals surface area (Å²) >= 11 is 2.28. The fraction of sp³-hybridized carbons (Fsp3) is 0.238. The highest BCUT2D eigenvalue weighted by Gasteiger charge is 2.18. The summed E-state index contributed by atoms with van der Waals surface area (Å²) in [7, 11) is 0. The van der Waals surface area contributed by atoms with Crippen LogP contribution in [0.1, 0.15) is 5.56 Å². The van der Waals surface area contributed by atoms with Crippen LogP contribution in [0.15, 0.2) is 59.7 Å². The molecule has 5 nitrogen and oxygen atoms in total. The molecule has 6 heteroatoms. The number of nitrogens with zero attached hydrogens (tertiary/aromatic N) is 3. The van der Waals surface area contributed by atoms with Crippen LogP contribution in [0, 0.1) is 3.57 Å². The number of halogens is 1. The van der Waals surface area contributed by atoms with Crippen molar-refractivity contribution in [2.24, 2.45) is 4.99 Å². The molecule has 0 radical (unpaired) electrons. The number of aromatic nitrogens is 1. The minimum Gasteiger partial charge on any atom is -0.378 e. The first-order valence-corrected chi connectivity index (χ1v) is 10.0. The summed E-state index contributed by atoms with van der Waals surface area (Å²) in [5.74, 6) is 0.125. The monoisotopic (exact) mass is 473 g/mol. The van der Waals surface area contributed by atoms with Crippen molar-refractivity contribution < 1.29 is 9.53 Å². The number of carbonyl (C=O) groups is 1. The number of hydrogen-bond acceptors (Lipinski definition) is 3. The highest BCUT2D eigenvalue weighted by molar-refractivity contribution is 14.1. The maximum Gasteiger partial charge on any atom is 0.242 e. The van der Waals surface area contributed by atoms with E-state index in [2.05, 4.69) is 33.6 Å². The maximum atomic E-state index is 12.7. The van der Waals surface area contributed by atoms with Crippen molar-refractivity contribution in [3.8, 4) is 0 Å². The number of amides is 1. The largest absolute Gasteiger partial charge is 0.378 e. The SMILES string of the molecule is O=C(Cn1cc(C=Nc2cccc(I)c2)c2ccccc21)N1CCOCC1.